The van der Waals surface area contributed by atoms with Gasteiger partial charge in [0.2, 0.25) is 5.91 Å². The Balaban J connectivity index is 1.91. The predicted molar refractivity (Wildman–Crippen MR) is 53.0 cm³/mol. The predicted octanol–water partition coefficient (Wildman–Crippen LogP) is -0.0622. The lowest BCUT2D eigenvalue weighted by molar-refractivity contribution is -0.149. The summed E-state index contributed by atoms with van der Waals surface area (Å²) < 4.78 is 5.15. The van der Waals surface area contributed by atoms with Crippen LogP contribution in [0.3, 0.4) is 0 Å². The normalized spacial score (nSPS) is 25.0. The SMILES string of the molecule is COC1CN(C(=O)C2(N(C)C)CC2)C1. The highest BCUT2D eigenvalue weighted by Gasteiger charge is 2.55. The molecule has 2 aliphatic rings. The summed E-state index contributed by atoms with van der Waals surface area (Å²) in [6, 6.07) is 0. The highest BCUT2D eigenvalue weighted by Crippen LogP contribution is 2.42. The van der Waals surface area contributed by atoms with Crippen molar-refractivity contribution in [2.75, 3.05) is 34.3 Å². The van der Waals surface area contributed by atoms with Crippen molar-refractivity contribution in [3.63, 3.8) is 0 Å². The summed E-state index contributed by atoms with van der Waals surface area (Å²) in [6.45, 7) is 1.54. The lowest BCUT2D eigenvalue weighted by Crippen LogP contribution is -2.60. The Morgan fingerprint density at radius 3 is 2.36 bits per heavy atom. The molecule has 4 nitrogen and oxygen atoms in total. The molecular weight excluding hydrogens is 180 g/mol. The number of ether oxygens (including phenoxy) is 1. The standard InChI is InChI=1S/C10H18N2O2/c1-11(2)10(4-5-10)9(13)12-6-8(7-12)14-3/h8H,4-7H2,1-3H3. The zero-order valence-corrected chi connectivity index (χ0v) is 9.12. The number of hydrogen-bond acceptors (Lipinski definition) is 3. The van der Waals surface area contributed by atoms with Gasteiger partial charge in [-0.05, 0) is 26.9 Å². The van der Waals surface area contributed by atoms with E-state index in [0.717, 1.165) is 25.9 Å². The molecule has 1 aliphatic heterocycles. The Bertz CT molecular complexity index is 243. The minimum atomic E-state index is -0.168. The third kappa shape index (κ3) is 1.33. The first-order chi connectivity index (χ1) is 6.60. The summed E-state index contributed by atoms with van der Waals surface area (Å²) in [7, 11) is 5.67. The quantitative estimate of drug-likeness (QED) is 0.637. The number of likely N-dealkylation sites (N-methyl/N-ethyl adjacent to an activating group) is 1. The lowest BCUT2D eigenvalue weighted by Gasteiger charge is -2.41. The van der Waals surface area contributed by atoms with Crippen LogP contribution in [0.4, 0.5) is 0 Å². The fraction of sp³-hybridized carbons (Fsp3) is 0.900. The summed E-state index contributed by atoms with van der Waals surface area (Å²) in [5.41, 5.74) is -0.168. The van der Waals surface area contributed by atoms with Gasteiger partial charge in [-0.3, -0.25) is 9.69 Å². The molecular formula is C10H18N2O2. The van der Waals surface area contributed by atoms with Crippen LogP contribution in [0.15, 0.2) is 0 Å². The molecule has 0 aromatic rings. The molecule has 0 radical (unpaired) electrons. The Labute approximate surface area is 84.8 Å². The molecule has 0 unspecified atom stereocenters. The third-order valence-corrected chi connectivity index (χ3v) is 3.45. The third-order valence-electron chi connectivity index (χ3n) is 3.45. The van der Waals surface area contributed by atoms with E-state index in [4.69, 9.17) is 4.74 Å². The summed E-state index contributed by atoms with van der Waals surface area (Å²) in [5, 5.41) is 0. The van der Waals surface area contributed by atoms with Gasteiger partial charge in [-0.15, -0.1) is 0 Å². The van der Waals surface area contributed by atoms with E-state index in [1.807, 2.05) is 19.0 Å². The summed E-state index contributed by atoms with van der Waals surface area (Å²) in [6.07, 6.45) is 2.27. The van der Waals surface area contributed by atoms with E-state index in [-0.39, 0.29) is 17.6 Å². The molecule has 1 aliphatic carbocycles. The van der Waals surface area contributed by atoms with Gasteiger partial charge >= 0.3 is 0 Å². The molecule has 0 N–H and O–H groups in total. The fourth-order valence-corrected chi connectivity index (χ4v) is 2.02. The van der Waals surface area contributed by atoms with Crippen LogP contribution in [0.1, 0.15) is 12.8 Å². The number of carbonyl (C=O) groups excluding carboxylic acids is 1. The number of carbonyl (C=O) groups is 1. The van der Waals surface area contributed by atoms with E-state index in [1.54, 1.807) is 7.11 Å². The second kappa shape index (κ2) is 3.21. The summed E-state index contributed by atoms with van der Waals surface area (Å²) in [4.78, 5) is 16.0. The first-order valence-corrected chi connectivity index (χ1v) is 5.10. The summed E-state index contributed by atoms with van der Waals surface area (Å²) >= 11 is 0. The van der Waals surface area contributed by atoms with Crippen molar-refractivity contribution < 1.29 is 9.53 Å². The van der Waals surface area contributed by atoms with Crippen molar-refractivity contribution >= 4 is 5.91 Å². The maximum atomic E-state index is 12.0. The zero-order valence-electron chi connectivity index (χ0n) is 9.12. The fourth-order valence-electron chi connectivity index (χ4n) is 2.02. The minimum absolute atomic E-state index is 0.168. The van der Waals surface area contributed by atoms with Crippen molar-refractivity contribution in [2.45, 2.75) is 24.5 Å². The summed E-state index contributed by atoms with van der Waals surface area (Å²) in [5.74, 6) is 0.288. The molecule has 0 bridgehead atoms. The number of rotatable bonds is 3. The van der Waals surface area contributed by atoms with Gasteiger partial charge in [0.15, 0.2) is 0 Å². The Morgan fingerprint density at radius 1 is 1.43 bits per heavy atom. The van der Waals surface area contributed by atoms with Crippen LogP contribution < -0.4 is 0 Å². The second-order valence-electron chi connectivity index (χ2n) is 4.49. The van der Waals surface area contributed by atoms with Gasteiger partial charge in [0, 0.05) is 20.2 Å². The van der Waals surface area contributed by atoms with Gasteiger partial charge in [-0.25, -0.2) is 0 Å². The molecule has 0 aromatic carbocycles. The Hall–Kier alpha value is -0.610. The number of nitrogens with zero attached hydrogens (tertiary/aromatic N) is 2. The van der Waals surface area contributed by atoms with Gasteiger partial charge < -0.3 is 9.64 Å². The van der Waals surface area contributed by atoms with Gasteiger partial charge in [0.25, 0.3) is 0 Å². The van der Waals surface area contributed by atoms with Crippen molar-refractivity contribution in [1.82, 2.24) is 9.80 Å². The monoisotopic (exact) mass is 198 g/mol. The highest BCUT2D eigenvalue weighted by molar-refractivity contribution is 5.90. The average molecular weight is 198 g/mol. The van der Waals surface area contributed by atoms with Crippen molar-refractivity contribution in [3.05, 3.63) is 0 Å². The molecule has 1 saturated carbocycles. The van der Waals surface area contributed by atoms with E-state index < -0.39 is 0 Å². The van der Waals surface area contributed by atoms with E-state index in [9.17, 15) is 4.79 Å². The van der Waals surface area contributed by atoms with Crippen LogP contribution in [0, 0.1) is 0 Å². The van der Waals surface area contributed by atoms with Crippen molar-refractivity contribution in [3.8, 4) is 0 Å². The Kier molecular flexibility index (Phi) is 2.27. The van der Waals surface area contributed by atoms with Crippen LogP contribution in [-0.2, 0) is 9.53 Å². The topological polar surface area (TPSA) is 32.8 Å². The molecule has 14 heavy (non-hydrogen) atoms. The highest BCUT2D eigenvalue weighted by atomic mass is 16.5. The average Bonchev–Trinajstić information content (AvgIpc) is 2.81. The van der Waals surface area contributed by atoms with Crippen molar-refractivity contribution in [2.24, 2.45) is 0 Å². The molecule has 0 spiro atoms. The largest absolute Gasteiger partial charge is 0.378 e. The zero-order chi connectivity index (χ0) is 10.3. The molecule has 0 atom stereocenters. The maximum Gasteiger partial charge on any atom is 0.243 e. The van der Waals surface area contributed by atoms with E-state index >= 15 is 0 Å². The van der Waals surface area contributed by atoms with Crippen LogP contribution in [0.25, 0.3) is 0 Å². The Morgan fingerprint density at radius 2 is 2.00 bits per heavy atom. The molecule has 80 valence electrons. The molecule has 1 saturated heterocycles. The van der Waals surface area contributed by atoms with Crippen LogP contribution >= 0.6 is 0 Å². The molecule has 4 heteroatoms. The van der Waals surface area contributed by atoms with Crippen LogP contribution in [-0.4, -0.2) is 61.6 Å². The van der Waals surface area contributed by atoms with Gasteiger partial charge in [0.05, 0.1) is 6.10 Å². The van der Waals surface area contributed by atoms with E-state index in [2.05, 4.69) is 4.90 Å². The molecule has 0 aromatic heterocycles. The van der Waals surface area contributed by atoms with E-state index in [0.29, 0.717) is 0 Å². The maximum absolute atomic E-state index is 12.0. The molecule has 2 rings (SSSR count). The van der Waals surface area contributed by atoms with Gasteiger partial charge in [0.1, 0.15) is 5.54 Å². The smallest absolute Gasteiger partial charge is 0.243 e. The molecule has 2 fully saturated rings. The van der Waals surface area contributed by atoms with Gasteiger partial charge in [-0.1, -0.05) is 0 Å². The van der Waals surface area contributed by atoms with Crippen molar-refractivity contribution in [1.29, 1.82) is 0 Å². The number of hydrogen-bond donors (Lipinski definition) is 0. The number of methoxy groups -OCH3 is 1. The second-order valence-corrected chi connectivity index (χ2v) is 4.49. The molecule has 1 heterocycles. The van der Waals surface area contributed by atoms with Gasteiger partial charge in [-0.2, -0.15) is 0 Å². The first kappa shape index (κ1) is 9.93. The lowest BCUT2D eigenvalue weighted by atomic mass is 10.1. The first-order valence-electron chi connectivity index (χ1n) is 5.10. The number of amides is 1. The van der Waals surface area contributed by atoms with Crippen LogP contribution in [0.2, 0.25) is 0 Å². The number of likely N-dealkylation sites (tertiary alicyclic amines) is 1. The minimum Gasteiger partial charge on any atom is -0.378 e. The van der Waals surface area contributed by atoms with Crippen LogP contribution in [0.5, 0.6) is 0 Å². The van der Waals surface area contributed by atoms with E-state index in [1.165, 1.54) is 0 Å². The molecule has 1 amide bonds.